The molecule has 0 spiro atoms. The summed E-state index contributed by atoms with van der Waals surface area (Å²) in [5.74, 6) is -0.245. The van der Waals surface area contributed by atoms with Crippen LogP contribution in [0.2, 0.25) is 0 Å². The predicted octanol–water partition coefficient (Wildman–Crippen LogP) is 2.67. The zero-order valence-corrected chi connectivity index (χ0v) is 16.0. The van der Waals surface area contributed by atoms with Gasteiger partial charge in [-0.05, 0) is 38.4 Å². The molecular formula is C19H25N5OS. The number of benzene rings is 1. The zero-order chi connectivity index (χ0) is 18.7. The zero-order valence-electron chi connectivity index (χ0n) is 15.2. The monoisotopic (exact) mass is 371 g/mol. The van der Waals surface area contributed by atoms with Crippen LogP contribution in [0.15, 0.2) is 23.6 Å². The number of nitrogens with zero attached hydrogens (tertiary/aromatic N) is 2. The van der Waals surface area contributed by atoms with Crippen LogP contribution in [0.5, 0.6) is 0 Å². The van der Waals surface area contributed by atoms with E-state index >= 15 is 0 Å². The topological polar surface area (TPSA) is 95.1 Å². The summed E-state index contributed by atoms with van der Waals surface area (Å²) in [7, 11) is 0. The van der Waals surface area contributed by atoms with Crippen LogP contribution in [0, 0.1) is 12.3 Å². The summed E-state index contributed by atoms with van der Waals surface area (Å²) in [5, 5.41) is 14.6. The van der Waals surface area contributed by atoms with E-state index in [0.717, 1.165) is 42.2 Å². The van der Waals surface area contributed by atoms with E-state index in [0.29, 0.717) is 17.8 Å². The number of nitrogen functional groups attached to an aromatic ring is 1. The third-order valence-electron chi connectivity index (χ3n) is 4.76. The molecule has 1 atom stereocenters. The van der Waals surface area contributed by atoms with Gasteiger partial charge in [-0.15, -0.1) is 11.3 Å². The summed E-state index contributed by atoms with van der Waals surface area (Å²) in [6, 6.07) is 5.61. The number of aryl methyl sites for hydroxylation is 1. The van der Waals surface area contributed by atoms with Gasteiger partial charge in [-0.2, -0.15) is 0 Å². The highest BCUT2D eigenvalue weighted by Crippen LogP contribution is 2.27. The van der Waals surface area contributed by atoms with Gasteiger partial charge in [0.25, 0.3) is 5.91 Å². The van der Waals surface area contributed by atoms with E-state index in [9.17, 15) is 4.79 Å². The first-order valence-corrected chi connectivity index (χ1v) is 9.81. The number of rotatable bonds is 4. The van der Waals surface area contributed by atoms with Gasteiger partial charge in [-0.1, -0.05) is 13.0 Å². The van der Waals surface area contributed by atoms with E-state index < -0.39 is 0 Å². The molecule has 1 saturated heterocycles. The van der Waals surface area contributed by atoms with Crippen molar-refractivity contribution >= 4 is 28.6 Å². The molecule has 6 nitrogen and oxygen atoms in total. The second-order valence-electron chi connectivity index (χ2n) is 6.57. The maximum atomic E-state index is 12.9. The van der Waals surface area contributed by atoms with Crippen LogP contribution < -0.4 is 11.1 Å². The van der Waals surface area contributed by atoms with Crippen molar-refractivity contribution in [2.45, 2.75) is 32.7 Å². The van der Waals surface area contributed by atoms with Gasteiger partial charge in [-0.25, -0.2) is 4.98 Å². The molecule has 1 fully saturated rings. The highest BCUT2D eigenvalue weighted by atomic mass is 32.1. The van der Waals surface area contributed by atoms with Gasteiger partial charge in [0.2, 0.25) is 0 Å². The van der Waals surface area contributed by atoms with Crippen LogP contribution in [-0.4, -0.2) is 47.2 Å². The Kier molecular flexibility index (Phi) is 5.68. The molecule has 0 aliphatic carbocycles. The standard InChI is InChI=1S/C19H25N5OS/c1-3-14-6-7-22-8-9-24(14)19(25)17(21)15-5-4-13(10-16(15)20)18-23-12(2)11-26-18/h4-5,10-11,14,21-22H,3,6-9,20H2,1-2H3. The largest absolute Gasteiger partial charge is 0.398 e. The Hall–Kier alpha value is -2.25. The van der Waals surface area contributed by atoms with Gasteiger partial charge in [0.05, 0.1) is 0 Å². The van der Waals surface area contributed by atoms with Crippen molar-refractivity contribution in [1.29, 1.82) is 5.41 Å². The SMILES string of the molecule is CCC1CCNCCN1C(=O)C(=N)c1ccc(-c2nc(C)cs2)cc1N. The highest BCUT2D eigenvalue weighted by Gasteiger charge is 2.28. The van der Waals surface area contributed by atoms with Crippen LogP contribution in [-0.2, 0) is 4.79 Å². The maximum Gasteiger partial charge on any atom is 0.272 e. The van der Waals surface area contributed by atoms with Crippen LogP contribution in [0.1, 0.15) is 31.0 Å². The first-order chi connectivity index (χ1) is 12.5. The Morgan fingerprint density at radius 3 is 2.92 bits per heavy atom. The lowest BCUT2D eigenvalue weighted by Crippen LogP contribution is -2.44. The fourth-order valence-corrected chi connectivity index (χ4v) is 4.09. The van der Waals surface area contributed by atoms with E-state index in [1.165, 1.54) is 0 Å². The molecule has 4 N–H and O–H groups in total. The van der Waals surface area contributed by atoms with Gasteiger partial charge in [0.1, 0.15) is 10.7 Å². The van der Waals surface area contributed by atoms with Gasteiger partial charge >= 0.3 is 0 Å². The van der Waals surface area contributed by atoms with Crippen molar-refractivity contribution in [2.75, 3.05) is 25.4 Å². The Bertz CT molecular complexity index is 816. The smallest absolute Gasteiger partial charge is 0.272 e. The molecule has 1 aromatic heterocycles. The normalized spacial score (nSPS) is 17.8. The molecule has 2 heterocycles. The van der Waals surface area contributed by atoms with Crippen molar-refractivity contribution < 1.29 is 4.79 Å². The molecule has 1 aliphatic rings. The third-order valence-corrected chi connectivity index (χ3v) is 5.77. The van der Waals surface area contributed by atoms with E-state index in [1.54, 1.807) is 23.5 Å². The van der Waals surface area contributed by atoms with E-state index in [1.807, 2.05) is 23.3 Å². The van der Waals surface area contributed by atoms with E-state index in [4.69, 9.17) is 11.1 Å². The molecule has 26 heavy (non-hydrogen) atoms. The van der Waals surface area contributed by atoms with Gasteiger partial charge < -0.3 is 16.0 Å². The minimum atomic E-state index is -0.245. The minimum Gasteiger partial charge on any atom is -0.398 e. The molecule has 0 bridgehead atoms. The van der Waals surface area contributed by atoms with Crippen molar-refractivity contribution in [3.8, 4) is 10.6 Å². The number of hydrogen-bond donors (Lipinski definition) is 3. The van der Waals surface area contributed by atoms with Crippen LogP contribution in [0.25, 0.3) is 10.6 Å². The van der Waals surface area contributed by atoms with Crippen molar-refractivity contribution in [2.24, 2.45) is 0 Å². The predicted molar refractivity (Wildman–Crippen MR) is 107 cm³/mol. The lowest BCUT2D eigenvalue weighted by molar-refractivity contribution is -0.126. The van der Waals surface area contributed by atoms with Crippen LogP contribution in [0.4, 0.5) is 5.69 Å². The molecule has 1 unspecified atom stereocenters. The van der Waals surface area contributed by atoms with Crippen molar-refractivity contribution in [1.82, 2.24) is 15.2 Å². The van der Waals surface area contributed by atoms with Crippen LogP contribution in [0.3, 0.4) is 0 Å². The summed E-state index contributed by atoms with van der Waals surface area (Å²) >= 11 is 1.56. The molecule has 138 valence electrons. The average molecular weight is 372 g/mol. The summed E-state index contributed by atoms with van der Waals surface area (Å²) in [5.41, 5.74) is 8.95. The quantitative estimate of drug-likeness (QED) is 0.569. The fourth-order valence-electron chi connectivity index (χ4n) is 3.29. The average Bonchev–Trinajstić information content (AvgIpc) is 2.93. The number of hydrogen-bond acceptors (Lipinski definition) is 6. The summed E-state index contributed by atoms with van der Waals surface area (Å²) < 4.78 is 0. The van der Waals surface area contributed by atoms with Gasteiger partial charge in [0.15, 0.2) is 0 Å². The van der Waals surface area contributed by atoms with Crippen molar-refractivity contribution in [3.05, 3.63) is 34.8 Å². The number of nitrogens with two attached hydrogens (primary N) is 1. The lowest BCUT2D eigenvalue weighted by atomic mass is 10.0. The number of thiazole rings is 1. The number of nitrogens with one attached hydrogen (secondary N) is 2. The number of anilines is 1. The molecule has 1 amide bonds. The summed E-state index contributed by atoms with van der Waals surface area (Å²) in [4.78, 5) is 19.2. The number of aromatic nitrogens is 1. The Labute approximate surface area is 157 Å². The fraction of sp³-hybridized carbons (Fsp3) is 0.421. The molecule has 7 heteroatoms. The Morgan fingerprint density at radius 2 is 2.27 bits per heavy atom. The molecule has 1 aliphatic heterocycles. The first-order valence-electron chi connectivity index (χ1n) is 8.94. The molecule has 0 saturated carbocycles. The lowest BCUT2D eigenvalue weighted by Gasteiger charge is -2.29. The number of carbonyl (C=O) groups excluding carboxylic acids is 1. The van der Waals surface area contributed by atoms with Gasteiger partial charge in [0, 0.05) is 47.0 Å². The Balaban J connectivity index is 1.83. The summed E-state index contributed by atoms with van der Waals surface area (Å²) in [6.07, 6.45) is 1.80. The second-order valence-corrected chi connectivity index (χ2v) is 7.43. The number of amides is 1. The molecule has 0 radical (unpaired) electrons. The number of carbonyl (C=O) groups is 1. The summed E-state index contributed by atoms with van der Waals surface area (Å²) in [6.45, 7) is 6.31. The molecule has 1 aromatic carbocycles. The van der Waals surface area contributed by atoms with E-state index in [-0.39, 0.29) is 17.7 Å². The van der Waals surface area contributed by atoms with Crippen molar-refractivity contribution in [3.63, 3.8) is 0 Å². The van der Waals surface area contributed by atoms with Crippen LogP contribution >= 0.6 is 11.3 Å². The van der Waals surface area contributed by atoms with E-state index in [2.05, 4.69) is 17.2 Å². The molecule has 2 aromatic rings. The second kappa shape index (κ2) is 7.97. The third kappa shape index (κ3) is 3.78. The highest BCUT2D eigenvalue weighted by molar-refractivity contribution is 7.13. The van der Waals surface area contributed by atoms with Gasteiger partial charge in [-0.3, -0.25) is 10.2 Å². The Morgan fingerprint density at radius 1 is 1.46 bits per heavy atom. The molecular weight excluding hydrogens is 346 g/mol. The maximum absolute atomic E-state index is 12.9. The molecule has 3 rings (SSSR count). The first kappa shape index (κ1) is 18.5. The minimum absolute atomic E-state index is 0.0373.